The molecule has 0 bridgehead atoms. The van der Waals surface area contributed by atoms with E-state index in [2.05, 4.69) is 21.9 Å². The molecule has 3 rings (SSSR count). The Kier molecular flexibility index (Phi) is 10.4. The first-order valence-electron chi connectivity index (χ1n) is 13.3. The van der Waals surface area contributed by atoms with Crippen LogP contribution < -0.4 is 5.32 Å². The molecule has 1 aliphatic heterocycles. The van der Waals surface area contributed by atoms with Gasteiger partial charge >= 0.3 is 12.1 Å². The summed E-state index contributed by atoms with van der Waals surface area (Å²) in [5, 5.41) is 2.77. The fourth-order valence-corrected chi connectivity index (χ4v) is 4.09. The number of piperazine rings is 1. The second-order valence-electron chi connectivity index (χ2n) is 10.2. The van der Waals surface area contributed by atoms with Gasteiger partial charge < -0.3 is 24.6 Å². The van der Waals surface area contributed by atoms with Crippen LogP contribution in [0.3, 0.4) is 0 Å². The summed E-state index contributed by atoms with van der Waals surface area (Å²) in [5.74, 6) is -1.08. The number of aromatic nitrogens is 2. The number of rotatable bonds is 9. The highest BCUT2D eigenvalue weighted by Gasteiger charge is 2.32. The molecule has 1 saturated heterocycles. The molecule has 0 spiro atoms. The fourth-order valence-electron chi connectivity index (χ4n) is 4.09. The van der Waals surface area contributed by atoms with Gasteiger partial charge in [-0.1, -0.05) is 36.9 Å². The molecule has 0 saturated carbocycles. The Labute approximate surface area is 234 Å². The summed E-state index contributed by atoms with van der Waals surface area (Å²) in [6.45, 7) is 12.2. The zero-order valence-electron chi connectivity index (χ0n) is 23.5. The Hall–Kier alpha value is -4.28. The lowest BCUT2D eigenvalue weighted by Crippen LogP contribution is -2.56. The van der Waals surface area contributed by atoms with Gasteiger partial charge in [0.1, 0.15) is 17.3 Å². The molecule has 3 amide bonds. The third-order valence-electron chi connectivity index (χ3n) is 6.00. The van der Waals surface area contributed by atoms with E-state index in [4.69, 9.17) is 9.47 Å². The van der Waals surface area contributed by atoms with Crippen LogP contribution in [0.1, 0.15) is 56.7 Å². The summed E-state index contributed by atoms with van der Waals surface area (Å²) in [6.07, 6.45) is 1.04. The second kappa shape index (κ2) is 13.7. The van der Waals surface area contributed by atoms with Gasteiger partial charge in [0.25, 0.3) is 5.91 Å². The largest absolute Gasteiger partial charge is 0.460 e. The first-order chi connectivity index (χ1) is 19.0. The van der Waals surface area contributed by atoms with Crippen molar-refractivity contribution in [1.82, 2.24) is 25.1 Å². The number of nitrogens with zero attached hydrogens (tertiary/aromatic N) is 4. The highest BCUT2D eigenvalue weighted by atomic mass is 16.6. The molecule has 1 atom stereocenters. The number of amides is 3. The Balaban J connectivity index is 1.79. The number of nitrogens with one attached hydrogen (secondary N) is 1. The van der Waals surface area contributed by atoms with Crippen molar-refractivity contribution in [3.63, 3.8) is 0 Å². The Morgan fingerprint density at radius 1 is 1.05 bits per heavy atom. The number of carbonyl (C=O) groups excluding carboxylic acids is 4. The second-order valence-corrected chi connectivity index (χ2v) is 10.2. The minimum atomic E-state index is -1.02. The number of benzene rings is 1. The van der Waals surface area contributed by atoms with Crippen LogP contribution in [0.5, 0.6) is 0 Å². The van der Waals surface area contributed by atoms with Crippen LogP contribution in [0.2, 0.25) is 0 Å². The van der Waals surface area contributed by atoms with E-state index in [0.717, 1.165) is 5.56 Å². The molecular weight excluding hydrogens is 514 g/mol. The lowest BCUT2D eigenvalue weighted by molar-refractivity contribution is -0.155. The number of carbonyl (C=O) groups is 4. The Morgan fingerprint density at radius 2 is 1.70 bits per heavy atom. The normalized spacial score (nSPS) is 14.2. The zero-order valence-corrected chi connectivity index (χ0v) is 23.5. The minimum Gasteiger partial charge on any atom is -0.460 e. The predicted molar refractivity (Wildman–Crippen MR) is 149 cm³/mol. The summed E-state index contributed by atoms with van der Waals surface area (Å²) in [7, 11) is 0. The zero-order chi connectivity index (χ0) is 29.3. The molecule has 40 heavy (non-hydrogen) atoms. The summed E-state index contributed by atoms with van der Waals surface area (Å²) in [6, 6.07) is 9.67. The lowest BCUT2D eigenvalue weighted by Gasteiger charge is -2.36. The maximum atomic E-state index is 13.6. The van der Waals surface area contributed by atoms with Gasteiger partial charge in [0.2, 0.25) is 5.91 Å². The van der Waals surface area contributed by atoms with Crippen LogP contribution in [-0.4, -0.2) is 88.1 Å². The third-order valence-corrected chi connectivity index (χ3v) is 6.00. The van der Waals surface area contributed by atoms with E-state index in [1.165, 1.54) is 17.0 Å². The molecule has 1 N–H and O–H groups in total. The molecule has 2 heterocycles. The van der Waals surface area contributed by atoms with Gasteiger partial charge in [0, 0.05) is 38.2 Å². The van der Waals surface area contributed by atoms with Crippen molar-refractivity contribution in [2.75, 3.05) is 32.8 Å². The summed E-state index contributed by atoms with van der Waals surface area (Å²) < 4.78 is 10.4. The number of hydrogen-bond acceptors (Lipinski definition) is 8. The standard InChI is InChI=1S/C29H37N5O6/c1-6-21-19-23(31-25(30-21)20-11-9-8-10-12-20)26(36)32-22(13-14-24(35)40-29(3,4)5)27(37)33-15-17-34(18-16-33)28(38)39-7-2/h6,8-12,19,22H,1,7,13-18H2,2-5H3,(H,32,36)/t22-/m0/s1. The van der Waals surface area contributed by atoms with Crippen molar-refractivity contribution in [3.8, 4) is 11.4 Å². The van der Waals surface area contributed by atoms with Gasteiger partial charge in [-0.05, 0) is 46.3 Å². The van der Waals surface area contributed by atoms with Crippen molar-refractivity contribution in [3.05, 3.63) is 54.4 Å². The van der Waals surface area contributed by atoms with Crippen molar-refractivity contribution in [1.29, 1.82) is 0 Å². The van der Waals surface area contributed by atoms with E-state index in [9.17, 15) is 19.2 Å². The third kappa shape index (κ3) is 8.62. The summed E-state index contributed by atoms with van der Waals surface area (Å²) in [4.78, 5) is 63.4. The molecule has 1 aliphatic rings. The first-order valence-corrected chi connectivity index (χ1v) is 13.3. The molecule has 11 nitrogen and oxygen atoms in total. The van der Waals surface area contributed by atoms with Crippen LogP contribution in [-0.2, 0) is 19.1 Å². The predicted octanol–water partition coefficient (Wildman–Crippen LogP) is 3.31. The molecule has 0 aliphatic carbocycles. The summed E-state index contributed by atoms with van der Waals surface area (Å²) >= 11 is 0. The molecule has 1 aromatic carbocycles. The van der Waals surface area contributed by atoms with E-state index in [-0.39, 0.29) is 44.1 Å². The maximum absolute atomic E-state index is 13.6. The van der Waals surface area contributed by atoms with E-state index in [1.54, 1.807) is 32.6 Å². The maximum Gasteiger partial charge on any atom is 0.409 e. The number of hydrogen-bond donors (Lipinski definition) is 1. The van der Waals surface area contributed by atoms with E-state index >= 15 is 0 Å². The molecule has 11 heteroatoms. The van der Waals surface area contributed by atoms with Crippen LogP contribution in [0.4, 0.5) is 4.79 Å². The molecule has 2 aromatic rings. The van der Waals surface area contributed by atoms with Gasteiger partial charge in [-0.2, -0.15) is 0 Å². The van der Waals surface area contributed by atoms with Crippen LogP contribution in [0.25, 0.3) is 17.5 Å². The van der Waals surface area contributed by atoms with Crippen LogP contribution >= 0.6 is 0 Å². The SMILES string of the molecule is C=Cc1cc(C(=O)N[C@@H](CCC(=O)OC(C)(C)C)C(=O)N2CCN(C(=O)OCC)CC2)nc(-c2ccccc2)n1. The van der Waals surface area contributed by atoms with Crippen molar-refractivity contribution in [2.24, 2.45) is 0 Å². The van der Waals surface area contributed by atoms with Crippen molar-refractivity contribution < 1.29 is 28.7 Å². The van der Waals surface area contributed by atoms with E-state index in [0.29, 0.717) is 24.6 Å². The highest BCUT2D eigenvalue weighted by Crippen LogP contribution is 2.17. The topological polar surface area (TPSA) is 131 Å². The van der Waals surface area contributed by atoms with Gasteiger partial charge in [-0.25, -0.2) is 14.8 Å². The van der Waals surface area contributed by atoms with Gasteiger partial charge in [0.05, 0.1) is 12.3 Å². The Bertz CT molecular complexity index is 1220. The van der Waals surface area contributed by atoms with Crippen molar-refractivity contribution >= 4 is 30.0 Å². The Morgan fingerprint density at radius 3 is 2.30 bits per heavy atom. The molecule has 1 aromatic heterocycles. The smallest absolute Gasteiger partial charge is 0.409 e. The van der Waals surface area contributed by atoms with Crippen LogP contribution in [0.15, 0.2) is 43.0 Å². The molecule has 0 unspecified atom stereocenters. The average Bonchev–Trinajstić information content (AvgIpc) is 2.94. The summed E-state index contributed by atoms with van der Waals surface area (Å²) in [5.41, 5.74) is 0.549. The number of ether oxygens (including phenoxy) is 2. The average molecular weight is 552 g/mol. The molecular formula is C29H37N5O6. The van der Waals surface area contributed by atoms with Gasteiger partial charge in [0.15, 0.2) is 5.82 Å². The van der Waals surface area contributed by atoms with Crippen molar-refractivity contribution in [2.45, 2.75) is 52.2 Å². The van der Waals surface area contributed by atoms with E-state index < -0.39 is 29.6 Å². The highest BCUT2D eigenvalue weighted by molar-refractivity contribution is 5.97. The van der Waals surface area contributed by atoms with Crippen LogP contribution in [0, 0.1) is 0 Å². The molecule has 214 valence electrons. The lowest BCUT2D eigenvalue weighted by atomic mass is 10.1. The molecule has 0 radical (unpaired) electrons. The molecule has 1 fully saturated rings. The fraction of sp³-hybridized carbons (Fsp3) is 0.448. The minimum absolute atomic E-state index is 0.0303. The quantitative estimate of drug-likeness (QED) is 0.470. The van der Waals surface area contributed by atoms with Gasteiger partial charge in [-0.3, -0.25) is 14.4 Å². The first kappa shape index (κ1) is 30.3. The van der Waals surface area contributed by atoms with E-state index in [1.807, 2.05) is 30.3 Å². The number of esters is 1. The monoisotopic (exact) mass is 551 g/mol. The van der Waals surface area contributed by atoms with Gasteiger partial charge in [-0.15, -0.1) is 0 Å².